The number of benzene rings is 1. The molecule has 1 fully saturated rings. The van der Waals surface area contributed by atoms with Crippen molar-refractivity contribution in [3.63, 3.8) is 0 Å². The molecule has 0 saturated carbocycles. The molecule has 1 aromatic heterocycles. The maximum absolute atomic E-state index is 12.9. The molecule has 0 spiro atoms. The normalized spacial score (nSPS) is 26.6. The molecular formula is C18H21N2O2+. The van der Waals surface area contributed by atoms with E-state index >= 15 is 0 Å². The van der Waals surface area contributed by atoms with E-state index in [4.69, 9.17) is 4.42 Å². The SMILES string of the molecule is Cc1ccc2c(c1)[C@H]1C[NH+](C)CC[C@@H]1N2C(=O)c1ccco1. The molecule has 4 heteroatoms. The van der Waals surface area contributed by atoms with E-state index in [2.05, 4.69) is 32.2 Å². The molecule has 4 nitrogen and oxygen atoms in total. The third kappa shape index (κ3) is 1.98. The van der Waals surface area contributed by atoms with Crippen molar-refractivity contribution in [2.75, 3.05) is 25.0 Å². The molecule has 2 aliphatic rings. The van der Waals surface area contributed by atoms with Crippen molar-refractivity contribution in [3.05, 3.63) is 53.5 Å². The fourth-order valence-corrected chi connectivity index (χ4v) is 3.98. The lowest BCUT2D eigenvalue weighted by Gasteiger charge is -2.34. The monoisotopic (exact) mass is 297 g/mol. The number of carbonyl (C=O) groups excluding carboxylic acids is 1. The number of hydrogen-bond acceptors (Lipinski definition) is 2. The Morgan fingerprint density at radius 3 is 3.00 bits per heavy atom. The van der Waals surface area contributed by atoms with Crippen LogP contribution in [0.25, 0.3) is 0 Å². The lowest BCUT2D eigenvalue weighted by Crippen LogP contribution is -3.11. The number of furan rings is 1. The lowest BCUT2D eigenvalue weighted by molar-refractivity contribution is -0.886. The summed E-state index contributed by atoms with van der Waals surface area (Å²) >= 11 is 0. The molecule has 4 rings (SSSR count). The Balaban J connectivity index is 1.80. The van der Waals surface area contributed by atoms with E-state index in [0.29, 0.717) is 11.7 Å². The third-order valence-corrected chi connectivity index (χ3v) is 5.02. The maximum atomic E-state index is 12.9. The Kier molecular flexibility index (Phi) is 3.08. The van der Waals surface area contributed by atoms with Gasteiger partial charge in [-0.15, -0.1) is 0 Å². The van der Waals surface area contributed by atoms with E-state index in [1.54, 1.807) is 23.3 Å². The van der Waals surface area contributed by atoms with Gasteiger partial charge in [-0.2, -0.15) is 0 Å². The molecule has 1 N–H and O–H groups in total. The topological polar surface area (TPSA) is 37.9 Å². The molecule has 1 unspecified atom stereocenters. The van der Waals surface area contributed by atoms with Gasteiger partial charge in [0.15, 0.2) is 5.76 Å². The van der Waals surface area contributed by atoms with Gasteiger partial charge in [-0.1, -0.05) is 17.7 Å². The number of likely N-dealkylation sites (N-methyl/N-ethyl adjacent to an activating group) is 1. The van der Waals surface area contributed by atoms with E-state index in [-0.39, 0.29) is 11.9 Å². The van der Waals surface area contributed by atoms with E-state index in [1.807, 2.05) is 4.90 Å². The van der Waals surface area contributed by atoms with Crippen LogP contribution in [0.2, 0.25) is 0 Å². The minimum absolute atomic E-state index is 0.0119. The molecule has 0 radical (unpaired) electrons. The first kappa shape index (κ1) is 13.6. The van der Waals surface area contributed by atoms with Gasteiger partial charge < -0.3 is 14.2 Å². The number of hydrogen-bond donors (Lipinski definition) is 1. The van der Waals surface area contributed by atoms with Crippen LogP contribution in [-0.2, 0) is 0 Å². The summed E-state index contributed by atoms with van der Waals surface area (Å²) in [6.07, 6.45) is 2.60. The zero-order valence-electron chi connectivity index (χ0n) is 13.0. The van der Waals surface area contributed by atoms with Crippen molar-refractivity contribution < 1.29 is 14.1 Å². The van der Waals surface area contributed by atoms with E-state index in [1.165, 1.54) is 11.1 Å². The van der Waals surface area contributed by atoms with E-state index in [0.717, 1.165) is 25.2 Å². The van der Waals surface area contributed by atoms with Crippen molar-refractivity contribution in [2.45, 2.75) is 25.3 Å². The number of piperidine rings is 1. The summed E-state index contributed by atoms with van der Waals surface area (Å²) in [7, 11) is 2.24. The second-order valence-electron chi connectivity index (χ2n) is 6.59. The summed E-state index contributed by atoms with van der Waals surface area (Å²) < 4.78 is 5.35. The van der Waals surface area contributed by atoms with Gasteiger partial charge in [0.25, 0.3) is 5.91 Å². The minimum Gasteiger partial charge on any atom is -0.459 e. The van der Waals surface area contributed by atoms with Gasteiger partial charge >= 0.3 is 0 Å². The summed E-state index contributed by atoms with van der Waals surface area (Å²) in [5.74, 6) is 0.850. The van der Waals surface area contributed by atoms with Crippen LogP contribution < -0.4 is 9.80 Å². The second kappa shape index (κ2) is 4.99. The van der Waals surface area contributed by atoms with Crippen molar-refractivity contribution in [3.8, 4) is 0 Å². The van der Waals surface area contributed by atoms with Crippen LogP contribution in [0.15, 0.2) is 41.0 Å². The molecule has 3 heterocycles. The van der Waals surface area contributed by atoms with Gasteiger partial charge in [0.1, 0.15) is 0 Å². The molecule has 0 bridgehead atoms. The highest BCUT2D eigenvalue weighted by molar-refractivity contribution is 6.06. The summed E-state index contributed by atoms with van der Waals surface area (Å²) in [6, 6.07) is 10.2. The van der Waals surface area contributed by atoms with Crippen LogP contribution >= 0.6 is 0 Å². The molecule has 0 aliphatic carbocycles. The smallest absolute Gasteiger partial charge is 0.294 e. The summed E-state index contributed by atoms with van der Waals surface area (Å²) in [4.78, 5) is 16.4. The summed E-state index contributed by atoms with van der Waals surface area (Å²) in [5.41, 5.74) is 3.65. The molecule has 22 heavy (non-hydrogen) atoms. The molecule has 3 atom stereocenters. The van der Waals surface area contributed by atoms with E-state index < -0.39 is 0 Å². The van der Waals surface area contributed by atoms with Gasteiger partial charge in [0.2, 0.25) is 0 Å². The van der Waals surface area contributed by atoms with Crippen LogP contribution in [0.3, 0.4) is 0 Å². The quantitative estimate of drug-likeness (QED) is 0.868. The average molecular weight is 297 g/mol. The van der Waals surface area contributed by atoms with Crippen LogP contribution in [0.5, 0.6) is 0 Å². The number of aryl methyl sites for hydroxylation is 1. The van der Waals surface area contributed by atoms with Gasteiger partial charge in [-0.05, 0) is 30.7 Å². The molecule has 2 aliphatic heterocycles. The zero-order chi connectivity index (χ0) is 15.3. The first-order valence-electron chi connectivity index (χ1n) is 7.94. The highest BCUT2D eigenvalue weighted by Crippen LogP contribution is 2.43. The Bertz CT molecular complexity index is 708. The number of fused-ring (bicyclic) bond motifs is 3. The second-order valence-corrected chi connectivity index (χ2v) is 6.59. The van der Waals surface area contributed by atoms with Crippen molar-refractivity contribution >= 4 is 11.6 Å². The number of quaternary nitrogens is 1. The van der Waals surface area contributed by atoms with Gasteiger partial charge in [0, 0.05) is 12.1 Å². The number of rotatable bonds is 1. The fourth-order valence-electron chi connectivity index (χ4n) is 3.98. The Morgan fingerprint density at radius 2 is 2.23 bits per heavy atom. The zero-order valence-corrected chi connectivity index (χ0v) is 13.0. The molecule has 2 aromatic rings. The van der Waals surface area contributed by atoms with Gasteiger partial charge in [-0.3, -0.25) is 4.79 Å². The van der Waals surface area contributed by atoms with Crippen LogP contribution in [-0.4, -0.2) is 32.1 Å². The summed E-state index contributed by atoms with van der Waals surface area (Å²) in [5, 5.41) is 0. The molecule has 1 saturated heterocycles. The molecule has 1 amide bonds. The third-order valence-electron chi connectivity index (χ3n) is 5.02. The molecule has 114 valence electrons. The van der Waals surface area contributed by atoms with E-state index in [9.17, 15) is 4.79 Å². The number of amides is 1. The number of nitrogens with one attached hydrogen (secondary N) is 1. The van der Waals surface area contributed by atoms with Crippen LogP contribution in [0.4, 0.5) is 5.69 Å². The Morgan fingerprint density at radius 1 is 1.36 bits per heavy atom. The number of anilines is 1. The maximum Gasteiger partial charge on any atom is 0.294 e. The van der Waals surface area contributed by atoms with Crippen molar-refractivity contribution in [1.29, 1.82) is 0 Å². The highest BCUT2D eigenvalue weighted by atomic mass is 16.3. The first-order chi connectivity index (χ1) is 10.6. The highest BCUT2D eigenvalue weighted by Gasteiger charge is 2.46. The number of nitrogens with zero attached hydrogens (tertiary/aromatic N) is 1. The largest absolute Gasteiger partial charge is 0.459 e. The van der Waals surface area contributed by atoms with Gasteiger partial charge in [-0.25, -0.2) is 0 Å². The summed E-state index contributed by atoms with van der Waals surface area (Å²) in [6.45, 7) is 4.31. The Hall–Kier alpha value is -2.07. The lowest BCUT2D eigenvalue weighted by atomic mass is 9.89. The van der Waals surface area contributed by atoms with Crippen LogP contribution in [0, 0.1) is 6.92 Å². The minimum atomic E-state index is -0.0119. The number of carbonyl (C=O) groups is 1. The Labute approximate surface area is 130 Å². The predicted molar refractivity (Wildman–Crippen MR) is 84.5 cm³/mol. The average Bonchev–Trinajstić information content (AvgIpc) is 3.13. The molecular weight excluding hydrogens is 276 g/mol. The molecule has 1 aromatic carbocycles. The van der Waals surface area contributed by atoms with Crippen LogP contribution in [0.1, 0.15) is 34.0 Å². The number of likely N-dealkylation sites (tertiary alicyclic amines) is 1. The fraction of sp³-hybridized carbons (Fsp3) is 0.389. The predicted octanol–water partition coefficient (Wildman–Crippen LogP) is 1.62. The van der Waals surface area contributed by atoms with Crippen molar-refractivity contribution in [2.24, 2.45) is 0 Å². The van der Waals surface area contributed by atoms with Gasteiger partial charge in [0.05, 0.1) is 38.4 Å². The standard InChI is InChI=1S/C18H20N2O2/c1-12-5-6-15-13(10-12)14-11-19(2)8-7-16(14)20(15)18(21)17-4-3-9-22-17/h3-6,9-10,14,16H,7-8,11H2,1-2H3/p+1/t14-,16+/m1/s1. The van der Waals surface area contributed by atoms with Crippen molar-refractivity contribution in [1.82, 2.24) is 0 Å². The first-order valence-corrected chi connectivity index (χ1v) is 7.94.